The molecule has 108 valence electrons. The van der Waals surface area contributed by atoms with Crippen LogP contribution in [0, 0.1) is 0 Å². The molecule has 0 aliphatic rings. The molecule has 0 saturated carbocycles. The van der Waals surface area contributed by atoms with E-state index in [9.17, 15) is 4.79 Å². The second-order valence-corrected chi connectivity index (χ2v) is 4.87. The van der Waals surface area contributed by atoms with Crippen molar-refractivity contribution in [2.45, 2.75) is 71.3 Å². The molecule has 1 aromatic rings. The van der Waals surface area contributed by atoms with Crippen molar-refractivity contribution in [3.05, 3.63) is 5.82 Å². The van der Waals surface area contributed by atoms with E-state index < -0.39 is 5.97 Å². The number of nitrogens with zero attached hydrogens (tertiary/aromatic N) is 4. The molecule has 0 spiro atoms. The number of rotatable bonds is 11. The second-order valence-electron chi connectivity index (χ2n) is 4.87. The molecule has 0 saturated heterocycles. The molecule has 1 aromatic heterocycles. The van der Waals surface area contributed by atoms with Crippen LogP contribution in [0.15, 0.2) is 0 Å². The Morgan fingerprint density at radius 1 is 1.11 bits per heavy atom. The molecule has 0 aliphatic heterocycles. The summed E-state index contributed by atoms with van der Waals surface area (Å²) in [6.45, 7) is 2.07. The van der Waals surface area contributed by atoms with Gasteiger partial charge >= 0.3 is 5.97 Å². The third kappa shape index (κ3) is 6.88. The number of aryl methyl sites for hydroxylation is 1. The smallest absolute Gasteiger partial charge is 0.325 e. The Kier molecular flexibility index (Phi) is 7.77. The third-order valence-corrected chi connectivity index (χ3v) is 3.15. The second kappa shape index (κ2) is 9.47. The summed E-state index contributed by atoms with van der Waals surface area (Å²) in [7, 11) is 0. The predicted octanol–water partition coefficient (Wildman–Crippen LogP) is 2.44. The number of carboxylic acids is 1. The highest BCUT2D eigenvalue weighted by Crippen LogP contribution is 2.10. The van der Waals surface area contributed by atoms with Crippen molar-refractivity contribution in [3.63, 3.8) is 0 Å². The van der Waals surface area contributed by atoms with Gasteiger partial charge in [-0.15, -0.1) is 5.10 Å². The molecule has 0 radical (unpaired) electrons. The fourth-order valence-electron chi connectivity index (χ4n) is 2.07. The Morgan fingerprint density at radius 2 is 1.74 bits per heavy atom. The summed E-state index contributed by atoms with van der Waals surface area (Å²) in [6.07, 6.45) is 10.8. The first-order valence-corrected chi connectivity index (χ1v) is 7.21. The molecule has 1 heterocycles. The standard InChI is InChI=1S/C13H24N4O2/c1-2-3-4-5-6-7-8-9-10-12-14-15-16-17(12)11-13(18)19/h2-11H2,1H3,(H,18,19). The van der Waals surface area contributed by atoms with Gasteiger partial charge in [0.25, 0.3) is 0 Å². The van der Waals surface area contributed by atoms with Crippen LogP contribution >= 0.6 is 0 Å². The van der Waals surface area contributed by atoms with Crippen molar-refractivity contribution in [1.82, 2.24) is 20.2 Å². The van der Waals surface area contributed by atoms with E-state index in [1.165, 1.54) is 43.2 Å². The van der Waals surface area contributed by atoms with E-state index in [0.717, 1.165) is 19.3 Å². The molecule has 0 aliphatic carbocycles. The van der Waals surface area contributed by atoms with Crippen molar-refractivity contribution in [2.75, 3.05) is 0 Å². The van der Waals surface area contributed by atoms with Crippen LogP contribution in [0.5, 0.6) is 0 Å². The van der Waals surface area contributed by atoms with E-state index >= 15 is 0 Å². The SMILES string of the molecule is CCCCCCCCCCc1nnnn1CC(=O)O. The summed E-state index contributed by atoms with van der Waals surface area (Å²) in [5.74, 6) is -0.238. The van der Waals surface area contributed by atoms with Gasteiger partial charge < -0.3 is 5.11 Å². The number of hydrogen-bond acceptors (Lipinski definition) is 4. The molecule has 0 bridgehead atoms. The number of carboxylic acid groups (broad SMARTS) is 1. The monoisotopic (exact) mass is 268 g/mol. The Labute approximate surface area is 114 Å². The molecule has 0 amide bonds. The minimum atomic E-state index is -0.913. The molecule has 0 fully saturated rings. The summed E-state index contributed by atoms with van der Waals surface area (Å²) in [5, 5.41) is 19.8. The first-order chi connectivity index (χ1) is 9.24. The van der Waals surface area contributed by atoms with E-state index in [2.05, 4.69) is 22.4 Å². The molecule has 0 aromatic carbocycles. The summed E-state index contributed by atoms with van der Waals surface area (Å²) in [5.41, 5.74) is 0. The number of unbranched alkanes of at least 4 members (excludes halogenated alkanes) is 7. The fourth-order valence-corrected chi connectivity index (χ4v) is 2.07. The van der Waals surface area contributed by atoms with E-state index in [1.807, 2.05) is 0 Å². The predicted molar refractivity (Wildman–Crippen MR) is 71.8 cm³/mol. The average Bonchev–Trinajstić information content (AvgIpc) is 2.79. The lowest BCUT2D eigenvalue weighted by atomic mass is 10.1. The van der Waals surface area contributed by atoms with Gasteiger partial charge in [-0.1, -0.05) is 51.9 Å². The third-order valence-electron chi connectivity index (χ3n) is 3.15. The number of aliphatic carboxylic acids is 1. The Hall–Kier alpha value is -1.46. The number of aromatic nitrogens is 4. The highest BCUT2D eigenvalue weighted by atomic mass is 16.4. The summed E-state index contributed by atoms with van der Waals surface area (Å²) in [4.78, 5) is 10.6. The molecule has 0 atom stereocenters. The van der Waals surface area contributed by atoms with Crippen molar-refractivity contribution < 1.29 is 9.90 Å². The van der Waals surface area contributed by atoms with Crippen LogP contribution < -0.4 is 0 Å². The van der Waals surface area contributed by atoms with Crippen LogP contribution in [0.4, 0.5) is 0 Å². The molecule has 6 nitrogen and oxygen atoms in total. The minimum absolute atomic E-state index is 0.153. The van der Waals surface area contributed by atoms with Gasteiger partial charge in [0.1, 0.15) is 6.54 Å². The molecule has 19 heavy (non-hydrogen) atoms. The van der Waals surface area contributed by atoms with Crippen LogP contribution in [0.3, 0.4) is 0 Å². The summed E-state index contributed by atoms with van der Waals surface area (Å²) < 4.78 is 1.36. The maximum Gasteiger partial charge on any atom is 0.325 e. The van der Waals surface area contributed by atoms with Crippen LogP contribution in [-0.2, 0) is 17.8 Å². The van der Waals surface area contributed by atoms with Crippen LogP contribution in [0.25, 0.3) is 0 Å². The van der Waals surface area contributed by atoms with Gasteiger partial charge in [-0.3, -0.25) is 4.79 Å². The highest BCUT2D eigenvalue weighted by molar-refractivity contribution is 5.66. The maximum absolute atomic E-state index is 10.6. The van der Waals surface area contributed by atoms with Crippen molar-refractivity contribution in [2.24, 2.45) is 0 Å². The van der Waals surface area contributed by atoms with Gasteiger partial charge in [-0.2, -0.15) is 0 Å². The lowest BCUT2D eigenvalue weighted by molar-refractivity contribution is -0.138. The van der Waals surface area contributed by atoms with E-state index in [-0.39, 0.29) is 6.54 Å². The van der Waals surface area contributed by atoms with Gasteiger partial charge in [-0.05, 0) is 16.8 Å². The van der Waals surface area contributed by atoms with E-state index in [4.69, 9.17) is 5.11 Å². The van der Waals surface area contributed by atoms with Gasteiger partial charge in [-0.25, -0.2) is 4.68 Å². The Balaban J connectivity index is 2.09. The van der Waals surface area contributed by atoms with Gasteiger partial charge in [0, 0.05) is 6.42 Å². The van der Waals surface area contributed by atoms with Crippen LogP contribution in [0.2, 0.25) is 0 Å². The molecule has 1 N–H and O–H groups in total. The Morgan fingerprint density at radius 3 is 2.37 bits per heavy atom. The number of tetrazole rings is 1. The quantitative estimate of drug-likeness (QED) is 0.623. The largest absolute Gasteiger partial charge is 0.480 e. The van der Waals surface area contributed by atoms with Crippen LogP contribution in [0.1, 0.15) is 64.1 Å². The van der Waals surface area contributed by atoms with Crippen molar-refractivity contribution in [3.8, 4) is 0 Å². The lowest BCUT2D eigenvalue weighted by Gasteiger charge is -2.02. The van der Waals surface area contributed by atoms with Gasteiger partial charge in [0.2, 0.25) is 0 Å². The first-order valence-electron chi connectivity index (χ1n) is 7.21. The van der Waals surface area contributed by atoms with Crippen molar-refractivity contribution >= 4 is 5.97 Å². The summed E-state index contributed by atoms with van der Waals surface area (Å²) >= 11 is 0. The van der Waals surface area contributed by atoms with Gasteiger partial charge in [0.15, 0.2) is 5.82 Å². The molecular weight excluding hydrogens is 244 g/mol. The topological polar surface area (TPSA) is 80.9 Å². The zero-order chi connectivity index (χ0) is 13.9. The van der Waals surface area contributed by atoms with E-state index in [0.29, 0.717) is 5.82 Å². The Bertz CT molecular complexity index is 365. The van der Waals surface area contributed by atoms with Crippen molar-refractivity contribution in [1.29, 1.82) is 0 Å². The summed E-state index contributed by atoms with van der Waals surface area (Å²) in [6, 6.07) is 0. The number of hydrogen-bond donors (Lipinski definition) is 1. The van der Waals surface area contributed by atoms with Gasteiger partial charge in [0.05, 0.1) is 0 Å². The number of carbonyl (C=O) groups is 1. The lowest BCUT2D eigenvalue weighted by Crippen LogP contribution is -2.13. The minimum Gasteiger partial charge on any atom is -0.480 e. The zero-order valence-corrected chi connectivity index (χ0v) is 11.7. The molecule has 0 unspecified atom stereocenters. The maximum atomic E-state index is 10.6. The average molecular weight is 268 g/mol. The van der Waals surface area contributed by atoms with E-state index in [1.54, 1.807) is 0 Å². The highest BCUT2D eigenvalue weighted by Gasteiger charge is 2.08. The normalized spacial score (nSPS) is 10.8. The zero-order valence-electron chi connectivity index (χ0n) is 11.7. The fraction of sp³-hybridized carbons (Fsp3) is 0.846. The molecule has 1 rings (SSSR count). The first kappa shape index (κ1) is 15.6. The molecule has 6 heteroatoms. The molecular formula is C13H24N4O2. The van der Waals surface area contributed by atoms with Crippen LogP contribution in [-0.4, -0.2) is 31.3 Å².